The smallest absolute Gasteiger partial charge is 0.248 e. The van der Waals surface area contributed by atoms with Crippen molar-refractivity contribution < 1.29 is 14.4 Å². The van der Waals surface area contributed by atoms with Gasteiger partial charge in [0.15, 0.2) is 11.6 Å². The fraction of sp³-hybridized carbons (Fsp3) is 0. The molecule has 2 aromatic carbocycles. The van der Waals surface area contributed by atoms with Crippen molar-refractivity contribution in [3.05, 3.63) is 93.2 Å². The molecule has 1 aromatic heterocycles. The van der Waals surface area contributed by atoms with E-state index in [1.807, 2.05) is 17.5 Å². The second-order valence-corrected chi connectivity index (χ2v) is 6.75. The van der Waals surface area contributed by atoms with Gasteiger partial charge in [0.2, 0.25) is 5.91 Å². The number of amides is 1. The maximum absolute atomic E-state index is 12.9. The molecule has 26 heavy (non-hydrogen) atoms. The molecule has 4 rings (SSSR count). The van der Waals surface area contributed by atoms with E-state index in [4.69, 9.17) is 0 Å². The van der Waals surface area contributed by atoms with Crippen LogP contribution < -0.4 is 5.32 Å². The number of carbonyl (C=O) groups excluding carboxylic acids is 3. The van der Waals surface area contributed by atoms with Crippen LogP contribution in [-0.2, 0) is 4.79 Å². The maximum atomic E-state index is 12.9. The van der Waals surface area contributed by atoms with Gasteiger partial charge in [-0.25, -0.2) is 0 Å². The van der Waals surface area contributed by atoms with Crippen LogP contribution in [0.1, 0.15) is 36.7 Å². The predicted molar refractivity (Wildman–Crippen MR) is 102 cm³/mol. The van der Waals surface area contributed by atoms with Crippen molar-refractivity contribution in [3.63, 3.8) is 0 Å². The highest BCUT2D eigenvalue weighted by Crippen LogP contribution is 2.31. The number of nitrogens with one attached hydrogen (secondary N) is 1. The number of carbonyl (C=O) groups is 3. The summed E-state index contributed by atoms with van der Waals surface area (Å²) in [5.41, 5.74) is 1.66. The zero-order valence-electron chi connectivity index (χ0n) is 13.6. The second kappa shape index (κ2) is 6.54. The minimum Gasteiger partial charge on any atom is -0.322 e. The second-order valence-electron chi connectivity index (χ2n) is 5.77. The minimum atomic E-state index is -0.356. The van der Waals surface area contributed by atoms with Gasteiger partial charge < -0.3 is 5.32 Å². The molecule has 1 aliphatic carbocycles. The molecule has 0 spiro atoms. The Balaban J connectivity index is 1.68. The molecule has 5 heteroatoms. The highest BCUT2D eigenvalue weighted by Gasteiger charge is 2.31. The summed E-state index contributed by atoms with van der Waals surface area (Å²) in [6.07, 6.45) is 3.12. The Morgan fingerprint density at radius 1 is 0.846 bits per heavy atom. The number of thiophene rings is 1. The first-order valence-electron chi connectivity index (χ1n) is 7.99. The molecule has 126 valence electrons. The Bertz CT molecular complexity index is 1060. The first-order chi connectivity index (χ1) is 12.6. The largest absolute Gasteiger partial charge is 0.322 e. The molecule has 0 unspecified atom stereocenters. The van der Waals surface area contributed by atoms with E-state index in [1.54, 1.807) is 48.5 Å². The lowest BCUT2D eigenvalue weighted by molar-refractivity contribution is -0.111. The summed E-state index contributed by atoms with van der Waals surface area (Å²) >= 11 is 1.52. The fourth-order valence-corrected chi connectivity index (χ4v) is 3.59. The van der Waals surface area contributed by atoms with Gasteiger partial charge in [-0.3, -0.25) is 14.4 Å². The number of fused-ring (bicyclic) bond motifs is 2. The lowest BCUT2D eigenvalue weighted by Gasteiger charge is -2.20. The number of hydrogen-bond donors (Lipinski definition) is 1. The first kappa shape index (κ1) is 16.2. The van der Waals surface area contributed by atoms with Crippen molar-refractivity contribution in [2.45, 2.75) is 0 Å². The fourth-order valence-electron chi connectivity index (χ4n) is 2.97. The van der Waals surface area contributed by atoms with Crippen LogP contribution in [-0.4, -0.2) is 17.5 Å². The molecular formula is C21H13NO3S. The minimum absolute atomic E-state index is 0.208. The third-order valence-electron chi connectivity index (χ3n) is 4.15. The summed E-state index contributed by atoms with van der Waals surface area (Å²) in [7, 11) is 0. The summed E-state index contributed by atoms with van der Waals surface area (Å²) < 4.78 is 0. The van der Waals surface area contributed by atoms with E-state index in [2.05, 4.69) is 5.32 Å². The van der Waals surface area contributed by atoms with Gasteiger partial charge in [-0.1, -0.05) is 42.5 Å². The van der Waals surface area contributed by atoms with Crippen molar-refractivity contribution in [2.75, 3.05) is 5.32 Å². The number of anilines is 1. The molecule has 0 saturated heterocycles. The van der Waals surface area contributed by atoms with Crippen LogP contribution in [0.4, 0.5) is 5.69 Å². The predicted octanol–water partition coefficient (Wildman–Crippen LogP) is 4.18. The van der Waals surface area contributed by atoms with Gasteiger partial charge in [-0.2, -0.15) is 0 Å². The maximum Gasteiger partial charge on any atom is 0.248 e. The van der Waals surface area contributed by atoms with Gasteiger partial charge in [0.25, 0.3) is 0 Å². The van der Waals surface area contributed by atoms with E-state index >= 15 is 0 Å². The van der Waals surface area contributed by atoms with Crippen LogP contribution in [0.2, 0.25) is 0 Å². The average Bonchev–Trinajstić information content (AvgIpc) is 3.18. The lowest BCUT2D eigenvalue weighted by Crippen LogP contribution is -2.23. The van der Waals surface area contributed by atoms with Crippen molar-refractivity contribution >= 4 is 40.6 Å². The third kappa shape index (κ3) is 2.78. The molecule has 1 N–H and O–H groups in total. The first-order valence-corrected chi connectivity index (χ1v) is 8.87. The Kier molecular flexibility index (Phi) is 4.07. The standard InChI is InChI=1S/C21H13NO3S/c23-18(11-10-13-5-4-12-26-13)22-17-9-3-8-16-19(17)21(25)15-7-2-1-6-14(15)20(16)24/h1-12H,(H,22,23)/b11-10+. The summed E-state index contributed by atoms with van der Waals surface area (Å²) in [4.78, 5) is 38.8. The highest BCUT2D eigenvalue weighted by molar-refractivity contribution is 7.10. The molecule has 0 radical (unpaired) electrons. The highest BCUT2D eigenvalue weighted by atomic mass is 32.1. The zero-order chi connectivity index (χ0) is 18.1. The summed E-state index contributed by atoms with van der Waals surface area (Å²) in [6.45, 7) is 0. The van der Waals surface area contributed by atoms with Crippen molar-refractivity contribution in [2.24, 2.45) is 0 Å². The Labute approximate surface area is 153 Å². The number of hydrogen-bond acceptors (Lipinski definition) is 4. The topological polar surface area (TPSA) is 63.2 Å². The Hall–Kier alpha value is -3.31. The average molecular weight is 359 g/mol. The van der Waals surface area contributed by atoms with Crippen LogP contribution in [0.3, 0.4) is 0 Å². The van der Waals surface area contributed by atoms with Crippen LogP contribution in [0.5, 0.6) is 0 Å². The normalized spacial score (nSPS) is 12.8. The van der Waals surface area contributed by atoms with Crippen molar-refractivity contribution in [3.8, 4) is 0 Å². The van der Waals surface area contributed by atoms with Gasteiger partial charge >= 0.3 is 0 Å². The van der Waals surface area contributed by atoms with E-state index in [0.717, 1.165) is 4.88 Å². The van der Waals surface area contributed by atoms with Crippen molar-refractivity contribution in [1.82, 2.24) is 0 Å². The molecule has 1 aliphatic rings. The molecule has 0 bridgehead atoms. The van der Waals surface area contributed by atoms with Gasteiger partial charge in [0, 0.05) is 27.6 Å². The van der Waals surface area contributed by atoms with Crippen LogP contribution >= 0.6 is 11.3 Å². The van der Waals surface area contributed by atoms with Crippen molar-refractivity contribution in [1.29, 1.82) is 0 Å². The zero-order valence-corrected chi connectivity index (χ0v) is 14.4. The van der Waals surface area contributed by atoms with E-state index in [1.165, 1.54) is 17.4 Å². The van der Waals surface area contributed by atoms with Gasteiger partial charge in [-0.05, 0) is 23.6 Å². The number of rotatable bonds is 3. The molecular weight excluding hydrogens is 346 g/mol. The quantitative estimate of drug-likeness (QED) is 0.558. The molecule has 3 aromatic rings. The lowest BCUT2D eigenvalue weighted by atomic mass is 9.83. The van der Waals surface area contributed by atoms with E-state index in [-0.39, 0.29) is 23.0 Å². The molecule has 4 nitrogen and oxygen atoms in total. The molecule has 1 heterocycles. The van der Waals surface area contributed by atoms with Crippen LogP contribution in [0.15, 0.2) is 66.1 Å². The van der Waals surface area contributed by atoms with Crippen LogP contribution in [0.25, 0.3) is 6.08 Å². The van der Waals surface area contributed by atoms with Gasteiger partial charge in [0.05, 0.1) is 11.3 Å². The number of benzene rings is 2. The van der Waals surface area contributed by atoms with Crippen LogP contribution in [0, 0.1) is 0 Å². The Morgan fingerprint density at radius 2 is 1.58 bits per heavy atom. The van der Waals surface area contributed by atoms with E-state index in [9.17, 15) is 14.4 Å². The van der Waals surface area contributed by atoms with Gasteiger partial charge in [-0.15, -0.1) is 11.3 Å². The number of ketones is 2. The molecule has 0 atom stereocenters. The van der Waals surface area contributed by atoms with E-state index in [0.29, 0.717) is 22.4 Å². The molecule has 1 amide bonds. The summed E-state index contributed by atoms with van der Waals surface area (Å²) in [6, 6.07) is 15.4. The van der Waals surface area contributed by atoms with Gasteiger partial charge in [0.1, 0.15) is 0 Å². The molecule has 0 saturated carbocycles. The summed E-state index contributed by atoms with van der Waals surface area (Å²) in [5, 5.41) is 4.64. The SMILES string of the molecule is O=C(/C=C/c1cccs1)Nc1cccc2c1C(=O)c1ccccc1C2=O. The summed E-state index contributed by atoms with van der Waals surface area (Å²) in [5.74, 6) is -0.820. The molecule has 0 fully saturated rings. The third-order valence-corrected chi connectivity index (χ3v) is 4.99. The molecule has 0 aliphatic heterocycles. The Morgan fingerprint density at radius 3 is 2.31 bits per heavy atom. The van der Waals surface area contributed by atoms with E-state index < -0.39 is 0 Å². The monoisotopic (exact) mass is 359 g/mol.